The molecule has 1 aromatic heterocycles. The SMILES string of the molecule is C=C(CCCCCCC/C=C\C/C=C\CCCCC)Cc1cccc2[nH]cc(C3CCN(C)C3)c12. The van der Waals surface area contributed by atoms with Crippen molar-refractivity contribution in [3.8, 4) is 0 Å². The van der Waals surface area contributed by atoms with Crippen LogP contribution in [-0.4, -0.2) is 30.0 Å². The predicted molar refractivity (Wildman–Crippen MR) is 155 cm³/mol. The number of hydrogen-bond acceptors (Lipinski definition) is 1. The molecule has 0 aliphatic carbocycles. The molecule has 35 heavy (non-hydrogen) atoms. The minimum atomic E-state index is 0.657. The Bertz CT molecular complexity index is 932. The minimum absolute atomic E-state index is 0.657. The van der Waals surface area contributed by atoms with Crippen LogP contribution in [0.4, 0.5) is 0 Å². The van der Waals surface area contributed by atoms with Crippen LogP contribution < -0.4 is 0 Å². The number of aromatic nitrogens is 1. The summed E-state index contributed by atoms with van der Waals surface area (Å²) in [7, 11) is 2.24. The van der Waals surface area contributed by atoms with Crippen LogP contribution in [0.25, 0.3) is 10.9 Å². The van der Waals surface area contributed by atoms with E-state index in [1.165, 1.54) is 111 Å². The number of nitrogens with one attached hydrogen (secondary N) is 1. The maximum Gasteiger partial charge on any atom is 0.0459 e. The number of likely N-dealkylation sites (tertiary alicyclic amines) is 1. The summed E-state index contributed by atoms with van der Waals surface area (Å²) in [5.74, 6) is 0.657. The summed E-state index contributed by atoms with van der Waals surface area (Å²) in [6.07, 6.45) is 29.3. The highest BCUT2D eigenvalue weighted by Crippen LogP contribution is 2.34. The Hall–Kier alpha value is -2.06. The summed E-state index contributed by atoms with van der Waals surface area (Å²) < 4.78 is 0. The van der Waals surface area contributed by atoms with Crippen LogP contribution >= 0.6 is 0 Å². The molecule has 1 unspecified atom stereocenters. The number of hydrogen-bond donors (Lipinski definition) is 1. The van der Waals surface area contributed by atoms with Crippen LogP contribution in [-0.2, 0) is 6.42 Å². The minimum Gasteiger partial charge on any atom is -0.361 e. The zero-order valence-corrected chi connectivity index (χ0v) is 22.7. The van der Waals surface area contributed by atoms with Gasteiger partial charge < -0.3 is 9.88 Å². The van der Waals surface area contributed by atoms with E-state index in [0.29, 0.717) is 5.92 Å². The molecule has 0 spiro atoms. The zero-order chi connectivity index (χ0) is 24.7. The Morgan fingerprint density at radius 2 is 1.74 bits per heavy atom. The van der Waals surface area contributed by atoms with Crippen molar-refractivity contribution in [1.82, 2.24) is 9.88 Å². The fraction of sp³-hybridized carbons (Fsp3) is 0.576. The maximum atomic E-state index is 4.45. The average Bonchev–Trinajstić information content (AvgIpc) is 3.48. The number of unbranched alkanes of at least 4 members (excludes halogenated alkanes) is 8. The highest BCUT2D eigenvalue weighted by molar-refractivity contribution is 5.87. The molecule has 0 amide bonds. The topological polar surface area (TPSA) is 19.0 Å². The van der Waals surface area contributed by atoms with Gasteiger partial charge in [-0.3, -0.25) is 0 Å². The van der Waals surface area contributed by atoms with Crippen LogP contribution in [0.1, 0.15) is 107 Å². The van der Waals surface area contributed by atoms with E-state index in [2.05, 4.69) is 79.1 Å². The second-order valence-electron chi connectivity index (χ2n) is 10.7. The third kappa shape index (κ3) is 9.49. The number of rotatable bonds is 17. The highest BCUT2D eigenvalue weighted by Gasteiger charge is 2.24. The zero-order valence-electron chi connectivity index (χ0n) is 22.7. The van der Waals surface area contributed by atoms with E-state index in [1.807, 2.05) is 0 Å². The van der Waals surface area contributed by atoms with Crippen LogP contribution in [0, 0.1) is 0 Å². The Labute approximate surface area is 215 Å². The number of nitrogens with zero attached hydrogens (tertiary/aromatic N) is 1. The fourth-order valence-electron chi connectivity index (χ4n) is 5.49. The summed E-state index contributed by atoms with van der Waals surface area (Å²) in [5.41, 5.74) is 5.65. The van der Waals surface area contributed by atoms with Crippen LogP contribution in [0.15, 0.2) is 60.9 Å². The van der Waals surface area contributed by atoms with Crippen molar-refractivity contribution in [3.05, 3.63) is 72.0 Å². The first-order valence-corrected chi connectivity index (χ1v) is 14.4. The summed E-state index contributed by atoms with van der Waals surface area (Å²) in [6, 6.07) is 6.74. The molecule has 2 heterocycles. The molecular formula is C33H50N2. The molecule has 1 aromatic carbocycles. The van der Waals surface area contributed by atoms with Gasteiger partial charge in [-0.15, -0.1) is 0 Å². The van der Waals surface area contributed by atoms with Gasteiger partial charge in [-0.2, -0.15) is 0 Å². The number of H-pyrrole nitrogens is 1. The van der Waals surface area contributed by atoms with Gasteiger partial charge >= 0.3 is 0 Å². The first-order valence-electron chi connectivity index (χ1n) is 14.4. The molecule has 2 aromatic rings. The second-order valence-corrected chi connectivity index (χ2v) is 10.7. The lowest BCUT2D eigenvalue weighted by molar-refractivity contribution is 0.412. The average molecular weight is 475 g/mol. The van der Waals surface area contributed by atoms with Crippen LogP contribution in [0.5, 0.6) is 0 Å². The molecule has 1 aliphatic heterocycles. The van der Waals surface area contributed by atoms with E-state index < -0.39 is 0 Å². The Morgan fingerprint density at radius 1 is 1.00 bits per heavy atom. The van der Waals surface area contributed by atoms with Gasteiger partial charge in [-0.25, -0.2) is 0 Å². The van der Waals surface area contributed by atoms with Gasteiger partial charge in [-0.05, 0) is 94.5 Å². The van der Waals surface area contributed by atoms with Crippen molar-refractivity contribution in [3.63, 3.8) is 0 Å². The molecule has 3 rings (SSSR count). The van der Waals surface area contributed by atoms with E-state index in [4.69, 9.17) is 0 Å². The molecule has 192 valence electrons. The molecule has 1 fully saturated rings. The fourth-order valence-corrected chi connectivity index (χ4v) is 5.49. The van der Waals surface area contributed by atoms with Crippen molar-refractivity contribution in [2.24, 2.45) is 0 Å². The van der Waals surface area contributed by atoms with E-state index in [0.717, 1.165) is 19.3 Å². The molecule has 1 N–H and O–H groups in total. The first kappa shape index (κ1) is 27.5. The molecule has 1 saturated heterocycles. The quantitative estimate of drug-likeness (QED) is 0.179. The first-order chi connectivity index (χ1) is 17.2. The summed E-state index contributed by atoms with van der Waals surface area (Å²) >= 11 is 0. The summed E-state index contributed by atoms with van der Waals surface area (Å²) in [4.78, 5) is 5.99. The van der Waals surface area contributed by atoms with Gasteiger partial charge in [0.05, 0.1) is 0 Å². The summed E-state index contributed by atoms with van der Waals surface area (Å²) in [6.45, 7) is 9.10. The normalized spacial score (nSPS) is 16.9. The number of allylic oxidation sites excluding steroid dienone is 5. The summed E-state index contributed by atoms with van der Waals surface area (Å²) in [5, 5.41) is 1.47. The van der Waals surface area contributed by atoms with Crippen molar-refractivity contribution in [2.45, 2.75) is 103 Å². The number of likely N-dealkylation sites (N-methyl/N-ethyl adjacent to an activating group) is 1. The smallest absolute Gasteiger partial charge is 0.0459 e. The second kappa shape index (κ2) is 15.8. The van der Waals surface area contributed by atoms with Gasteiger partial charge in [-0.1, -0.05) is 87.6 Å². The third-order valence-corrected chi connectivity index (χ3v) is 7.58. The monoisotopic (exact) mass is 474 g/mol. The predicted octanol–water partition coefficient (Wildman–Crippen LogP) is 9.50. The van der Waals surface area contributed by atoms with Gasteiger partial charge in [0.2, 0.25) is 0 Å². The maximum absolute atomic E-state index is 4.45. The Morgan fingerprint density at radius 3 is 2.49 bits per heavy atom. The lowest BCUT2D eigenvalue weighted by atomic mass is 9.92. The molecule has 0 radical (unpaired) electrons. The number of benzene rings is 1. The van der Waals surface area contributed by atoms with Crippen molar-refractivity contribution in [1.29, 1.82) is 0 Å². The van der Waals surface area contributed by atoms with Crippen LogP contribution in [0.3, 0.4) is 0 Å². The standard InChI is InChI=1S/C33H50N2/c1-4-5-6-7-8-9-10-11-12-13-14-15-16-17-18-20-28(2)25-29-21-19-22-32-33(29)31(26-34-32)30-23-24-35(3)27-30/h8-9,11-12,19,21-22,26,30,34H,2,4-7,10,13-18,20,23-25,27H2,1,3H3/b9-8-,12-11-. The van der Waals surface area contributed by atoms with Gasteiger partial charge in [0.1, 0.15) is 0 Å². The molecular weight excluding hydrogens is 424 g/mol. The van der Waals surface area contributed by atoms with Crippen LogP contribution in [0.2, 0.25) is 0 Å². The number of aromatic amines is 1. The van der Waals surface area contributed by atoms with E-state index >= 15 is 0 Å². The van der Waals surface area contributed by atoms with E-state index in [-0.39, 0.29) is 0 Å². The van der Waals surface area contributed by atoms with Gasteiger partial charge in [0, 0.05) is 23.6 Å². The Kier molecular flexibility index (Phi) is 12.5. The highest BCUT2D eigenvalue weighted by atomic mass is 15.1. The van der Waals surface area contributed by atoms with E-state index in [1.54, 1.807) is 0 Å². The lowest BCUT2D eigenvalue weighted by Gasteiger charge is -2.13. The lowest BCUT2D eigenvalue weighted by Crippen LogP contribution is -2.13. The van der Waals surface area contributed by atoms with Gasteiger partial charge in [0.15, 0.2) is 0 Å². The molecule has 2 heteroatoms. The van der Waals surface area contributed by atoms with Crippen molar-refractivity contribution in [2.75, 3.05) is 20.1 Å². The molecule has 0 saturated carbocycles. The largest absolute Gasteiger partial charge is 0.361 e. The Balaban J connectivity index is 1.29. The van der Waals surface area contributed by atoms with E-state index in [9.17, 15) is 0 Å². The molecule has 2 nitrogen and oxygen atoms in total. The van der Waals surface area contributed by atoms with Crippen molar-refractivity contribution >= 4 is 10.9 Å². The molecule has 1 aliphatic rings. The van der Waals surface area contributed by atoms with Crippen molar-refractivity contribution < 1.29 is 0 Å². The molecule has 0 bridgehead atoms. The third-order valence-electron chi connectivity index (χ3n) is 7.58. The van der Waals surface area contributed by atoms with Gasteiger partial charge in [0.25, 0.3) is 0 Å². The molecule has 1 atom stereocenters. The number of fused-ring (bicyclic) bond motifs is 1.